The molecule has 0 aliphatic heterocycles. The molecule has 0 saturated heterocycles. The third kappa shape index (κ3) is 5.28. The van der Waals surface area contributed by atoms with E-state index in [0.717, 1.165) is 5.56 Å². The summed E-state index contributed by atoms with van der Waals surface area (Å²) in [4.78, 5) is 42.6. The van der Waals surface area contributed by atoms with Crippen LogP contribution in [-0.4, -0.2) is 47.0 Å². The van der Waals surface area contributed by atoms with Crippen LogP contribution >= 0.6 is 0 Å². The predicted molar refractivity (Wildman–Crippen MR) is 118 cm³/mol. The second kappa shape index (κ2) is 9.88. The number of hydrogen-bond acceptors (Lipinski definition) is 5. The Morgan fingerprint density at radius 3 is 2.58 bits per heavy atom. The summed E-state index contributed by atoms with van der Waals surface area (Å²) in [6.45, 7) is 1.73. The Morgan fingerprint density at radius 1 is 1.13 bits per heavy atom. The molecule has 0 fully saturated rings. The quantitative estimate of drug-likeness (QED) is 0.600. The van der Waals surface area contributed by atoms with Crippen molar-refractivity contribution in [3.8, 4) is 5.75 Å². The van der Waals surface area contributed by atoms with E-state index in [0.29, 0.717) is 23.2 Å². The molecule has 1 unspecified atom stereocenters. The van der Waals surface area contributed by atoms with E-state index in [1.54, 1.807) is 38.4 Å². The molecule has 0 saturated carbocycles. The fourth-order valence-corrected chi connectivity index (χ4v) is 3.23. The number of rotatable bonds is 8. The van der Waals surface area contributed by atoms with Gasteiger partial charge in [0.1, 0.15) is 12.3 Å². The summed E-state index contributed by atoms with van der Waals surface area (Å²) in [5.74, 6) is 0.0803. The van der Waals surface area contributed by atoms with Gasteiger partial charge in [-0.2, -0.15) is 0 Å². The molecule has 0 aliphatic carbocycles. The van der Waals surface area contributed by atoms with Crippen LogP contribution in [0.1, 0.15) is 24.9 Å². The molecule has 2 amide bonds. The molecule has 2 aromatic carbocycles. The smallest absolute Gasteiger partial charge is 0.269 e. The highest BCUT2D eigenvalue weighted by atomic mass is 16.5. The van der Waals surface area contributed by atoms with Crippen LogP contribution in [0.4, 0.5) is 0 Å². The number of carbonyl (C=O) groups excluding carboxylic acids is 2. The molecule has 0 aliphatic rings. The van der Waals surface area contributed by atoms with Gasteiger partial charge in [0.15, 0.2) is 6.61 Å². The van der Waals surface area contributed by atoms with Crippen molar-refractivity contribution in [2.45, 2.75) is 25.9 Å². The normalized spacial score (nSPS) is 11.7. The lowest BCUT2D eigenvalue weighted by Gasteiger charge is -2.21. The minimum atomic E-state index is -0.340. The number of fused-ring (bicyclic) bond motifs is 1. The van der Waals surface area contributed by atoms with Crippen LogP contribution in [0.15, 0.2) is 59.5 Å². The van der Waals surface area contributed by atoms with Gasteiger partial charge in [0.25, 0.3) is 11.5 Å². The van der Waals surface area contributed by atoms with Crippen molar-refractivity contribution in [3.63, 3.8) is 0 Å². The Hall–Kier alpha value is -3.68. The summed E-state index contributed by atoms with van der Waals surface area (Å²) in [7, 11) is 3.33. The fourth-order valence-electron chi connectivity index (χ4n) is 3.23. The van der Waals surface area contributed by atoms with E-state index in [9.17, 15) is 14.4 Å². The second-order valence-corrected chi connectivity index (χ2v) is 7.31. The van der Waals surface area contributed by atoms with E-state index in [1.165, 1.54) is 15.7 Å². The third-order valence-corrected chi connectivity index (χ3v) is 4.94. The third-order valence-electron chi connectivity index (χ3n) is 4.94. The molecule has 8 nitrogen and oxygen atoms in total. The molecule has 1 atom stereocenters. The first-order valence-electron chi connectivity index (χ1n) is 10.1. The van der Waals surface area contributed by atoms with Crippen LogP contribution in [-0.2, 0) is 16.1 Å². The summed E-state index contributed by atoms with van der Waals surface area (Å²) in [5.41, 5.74) is 1.68. The molecular weight excluding hydrogens is 396 g/mol. The van der Waals surface area contributed by atoms with Gasteiger partial charge < -0.3 is 15.0 Å². The van der Waals surface area contributed by atoms with Crippen molar-refractivity contribution < 1.29 is 14.3 Å². The maximum absolute atomic E-state index is 12.8. The molecular formula is C23H26N4O4. The maximum Gasteiger partial charge on any atom is 0.269 e. The molecule has 8 heteroatoms. The average Bonchev–Trinajstić information content (AvgIpc) is 2.78. The Kier molecular flexibility index (Phi) is 7.02. The molecule has 3 rings (SSSR count). The number of carbonyl (C=O) groups is 2. The second-order valence-electron chi connectivity index (χ2n) is 7.31. The van der Waals surface area contributed by atoms with E-state index < -0.39 is 0 Å². The largest absolute Gasteiger partial charge is 0.483 e. The molecule has 1 aromatic heterocycles. The Balaban J connectivity index is 1.78. The van der Waals surface area contributed by atoms with Gasteiger partial charge in [-0.1, -0.05) is 37.3 Å². The summed E-state index contributed by atoms with van der Waals surface area (Å²) in [6, 6.07) is 14.2. The number of hydrogen-bond donors (Lipinski definition) is 1. The zero-order chi connectivity index (χ0) is 22.4. The summed E-state index contributed by atoms with van der Waals surface area (Å²) < 4.78 is 7.12. The first kappa shape index (κ1) is 22.0. The minimum Gasteiger partial charge on any atom is -0.483 e. The van der Waals surface area contributed by atoms with E-state index in [1.807, 2.05) is 31.2 Å². The van der Waals surface area contributed by atoms with Crippen LogP contribution in [0, 0.1) is 0 Å². The van der Waals surface area contributed by atoms with E-state index in [-0.39, 0.29) is 36.6 Å². The monoisotopic (exact) mass is 422 g/mol. The van der Waals surface area contributed by atoms with Gasteiger partial charge in [-0.25, -0.2) is 4.98 Å². The van der Waals surface area contributed by atoms with Gasteiger partial charge in [0.05, 0.1) is 23.3 Å². The summed E-state index contributed by atoms with van der Waals surface area (Å²) in [5, 5.41) is 2.98. The van der Waals surface area contributed by atoms with Gasteiger partial charge in [0.2, 0.25) is 5.91 Å². The lowest BCUT2D eigenvalue weighted by atomic mass is 10.0. The van der Waals surface area contributed by atoms with Crippen molar-refractivity contribution in [1.29, 1.82) is 0 Å². The lowest BCUT2D eigenvalue weighted by Crippen LogP contribution is -2.35. The van der Waals surface area contributed by atoms with Crippen LogP contribution in [0.3, 0.4) is 0 Å². The number of ether oxygens (including phenoxy) is 1. The Labute approximate surface area is 180 Å². The number of nitrogens with one attached hydrogen (secondary N) is 1. The zero-order valence-corrected chi connectivity index (χ0v) is 17.9. The summed E-state index contributed by atoms with van der Waals surface area (Å²) >= 11 is 0. The van der Waals surface area contributed by atoms with Crippen LogP contribution in [0.2, 0.25) is 0 Å². The topological polar surface area (TPSA) is 93.5 Å². The lowest BCUT2D eigenvalue weighted by molar-refractivity contribution is -0.130. The predicted octanol–water partition coefficient (Wildman–Crippen LogP) is 2.13. The van der Waals surface area contributed by atoms with Crippen LogP contribution < -0.4 is 15.6 Å². The fraction of sp³-hybridized carbons (Fsp3) is 0.304. The van der Waals surface area contributed by atoms with Crippen molar-refractivity contribution in [3.05, 3.63) is 70.6 Å². The number of aromatic nitrogens is 2. The molecule has 31 heavy (non-hydrogen) atoms. The van der Waals surface area contributed by atoms with Crippen molar-refractivity contribution in [2.75, 3.05) is 20.7 Å². The highest BCUT2D eigenvalue weighted by Gasteiger charge is 2.19. The molecule has 0 bridgehead atoms. The van der Waals surface area contributed by atoms with Crippen molar-refractivity contribution in [1.82, 2.24) is 19.8 Å². The first-order valence-corrected chi connectivity index (χ1v) is 10.1. The number of benzene rings is 2. The minimum absolute atomic E-state index is 0.0905. The van der Waals surface area contributed by atoms with Gasteiger partial charge in [-0.15, -0.1) is 0 Å². The summed E-state index contributed by atoms with van der Waals surface area (Å²) in [6.07, 6.45) is 1.83. The number of likely N-dealkylation sites (N-methyl/N-ethyl adjacent to an activating group) is 1. The van der Waals surface area contributed by atoms with Gasteiger partial charge in [-0.05, 0) is 24.6 Å². The standard InChI is InChI=1S/C23H26N4O4/c1-4-17(16-9-5-8-12-20(16)31-15-23(30)26(2)3)25-21(28)14-27-19-11-7-6-10-18(19)24-13-22(27)29/h5-13,17H,4,14-15H2,1-3H3,(H,25,28). The highest BCUT2D eigenvalue weighted by molar-refractivity contribution is 5.80. The van der Waals surface area contributed by atoms with E-state index in [4.69, 9.17) is 4.74 Å². The van der Waals surface area contributed by atoms with E-state index in [2.05, 4.69) is 10.3 Å². The molecule has 3 aromatic rings. The van der Waals surface area contributed by atoms with Gasteiger partial charge in [-0.3, -0.25) is 19.0 Å². The SMILES string of the molecule is CCC(NC(=O)Cn1c(=O)cnc2ccccc21)c1ccccc1OCC(=O)N(C)C. The van der Waals surface area contributed by atoms with Gasteiger partial charge in [0, 0.05) is 19.7 Å². The molecule has 0 radical (unpaired) electrons. The van der Waals surface area contributed by atoms with Crippen molar-refractivity contribution >= 4 is 22.8 Å². The zero-order valence-electron chi connectivity index (χ0n) is 17.9. The van der Waals surface area contributed by atoms with Crippen LogP contribution in [0.25, 0.3) is 11.0 Å². The molecule has 1 heterocycles. The molecule has 0 spiro atoms. The highest BCUT2D eigenvalue weighted by Crippen LogP contribution is 2.27. The Morgan fingerprint density at radius 2 is 1.84 bits per heavy atom. The number of nitrogens with zero attached hydrogens (tertiary/aromatic N) is 3. The van der Waals surface area contributed by atoms with Gasteiger partial charge >= 0.3 is 0 Å². The van der Waals surface area contributed by atoms with Crippen LogP contribution in [0.5, 0.6) is 5.75 Å². The molecule has 1 N–H and O–H groups in total. The Bertz CT molecular complexity index is 1140. The average molecular weight is 422 g/mol. The first-order chi connectivity index (χ1) is 14.9. The maximum atomic E-state index is 12.8. The van der Waals surface area contributed by atoms with Crippen molar-refractivity contribution in [2.24, 2.45) is 0 Å². The number of para-hydroxylation sites is 3. The number of amides is 2. The van der Waals surface area contributed by atoms with E-state index >= 15 is 0 Å². The molecule has 162 valence electrons.